The zero-order valence-electron chi connectivity index (χ0n) is 16.5. The van der Waals surface area contributed by atoms with Crippen molar-refractivity contribution >= 4 is 5.91 Å². The molecule has 1 amide bonds. The van der Waals surface area contributed by atoms with Gasteiger partial charge in [0.05, 0.1) is 19.3 Å². The molecule has 4 rings (SSSR count). The second-order valence-corrected chi connectivity index (χ2v) is 7.82. The molecule has 0 saturated carbocycles. The highest BCUT2D eigenvalue weighted by Gasteiger charge is 2.27. The van der Waals surface area contributed by atoms with Crippen LogP contribution in [0.5, 0.6) is 5.75 Å². The predicted molar refractivity (Wildman–Crippen MR) is 106 cm³/mol. The number of nitrogens with zero attached hydrogens (tertiary/aromatic N) is 4. The molecule has 1 aromatic carbocycles. The first-order chi connectivity index (χ1) is 13.7. The Morgan fingerprint density at radius 2 is 1.93 bits per heavy atom. The highest BCUT2D eigenvalue weighted by molar-refractivity contribution is 5.92. The number of para-hydroxylation sites is 1. The quantitative estimate of drug-likeness (QED) is 0.858. The number of hydrogen-bond acceptors (Lipinski definition) is 5. The predicted octanol–water partition coefficient (Wildman–Crippen LogP) is 2.31. The number of ether oxygens (including phenoxy) is 1. The fraction of sp³-hybridized carbons (Fsp3) is 0.571. The number of piperidine rings is 2. The summed E-state index contributed by atoms with van der Waals surface area (Å²) < 4.78 is 7.35. The van der Waals surface area contributed by atoms with Crippen molar-refractivity contribution in [2.24, 2.45) is 5.92 Å². The van der Waals surface area contributed by atoms with Crippen molar-refractivity contribution in [1.29, 1.82) is 0 Å². The van der Waals surface area contributed by atoms with E-state index in [4.69, 9.17) is 4.74 Å². The third-order valence-electron chi connectivity index (χ3n) is 6.02. The Bertz CT molecular complexity index is 792. The lowest BCUT2D eigenvalue weighted by Gasteiger charge is -2.31. The van der Waals surface area contributed by atoms with E-state index in [0.29, 0.717) is 17.7 Å². The van der Waals surface area contributed by atoms with Crippen molar-refractivity contribution < 1.29 is 9.53 Å². The zero-order chi connectivity index (χ0) is 19.3. The molecule has 2 aliphatic rings. The molecule has 1 aromatic heterocycles. The summed E-state index contributed by atoms with van der Waals surface area (Å²) >= 11 is 0. The smallest absolute Gasteiger partial charge is 0.276 e. The van der Waals surface area contributed by atoms with Crippen LogP contribution in [0.3, 0.4) is 0 Å². The van der Waals surface area contributed by atoms with E-state index < -0.39 is 0 Å². The maximum atomic E-state index is 12.8. The topological polar surface area (TPSA) is 72.3 Å². The van der Waals surface area contributed by atoms with Crippen LogP contribution in [0.2, 0.25) is 0 Å². The Kier molecular flexibility index (Phi) is 5.90. The lowest BCUT2D eigenvalue weighted by atomic mass is 9.89. The van der Waals surface area contributed by atoms with Crippen LogP contribution >= 0.6 is 0 Å². The van der Waals surface area contributed by atoms with Crippen molar-refractivity contribution in [2.45, 2.75) is 38.1 Å². The molecule has 0 spiro atoms. The third kappa shape index (κ3) is 4.19. The van der Waals surface area contributed by atoms with Crippen molar-refractivity contribution in [3.8, 4) is 5.75 Å². The third-order valence-corrected chi connectivity index (χ3v) is 6.02. The van der Waals surface area contributed by atoms with Crippen molar-refractivity contribution in [1.82, 2.24) is 25.2 Å². The molecule has 0 unspecified atom stereocenters. The lowest BCUT2D eigenvalue weighted by molar-refractivity contribution is 0.0684. The normalized spacial score (nSPS) is 19.0. The molecule has 1 N–H and O–H groups in total. The van der Waals surface area contributed by atoms with E-state index in [1.54, 1.807) is 7.11 Å². The van der Waals surface area contributed by atoms with Crippen LogP contribution in [-0.2, 0) is 6.42 Å². The SMILES string of the molecule is COc1ccccc1CC1CCN(C(=O)c2cn(C3CCNCC3)nn2)CC1. The van der Waals surface area contributed by atoms with Gasteiger partial charge in [0.1, 0.15) is 5.75 Å². The molecule has 28 heavy (non-hydrogen) atoms. The fourth-order valence-electron chi connectivity index (χ4n) is 4.31. The molecule has 0 radical (unpaired) electrons. The fourth-order valence-corrected chi connectivity index (χ4v) is 4.31. The highest BCUT2D eigenvalue weighted by Crippen LogP contribution is 2.27. The van der Waals surface area contributed by atoms with Gasteiger partial charge >= 0.3 is 0 Å². The van der Waals surface area contributed by atoms with Gasteiger partial charge in [0.25, 0.3) is 5.91 Å². The van der Waals surface area contributed by atoms with Gasteiger partial charge in [-0.3, -0.25) is 4.79 Å². The largest absolute Gasteiger partial charge is 0.496 e. The number of amides is 1. The van der Waals surface area contributed by atoms with Crippen LogP contribution in [0.15, 0.2) is 30.5 Å². The van der Waals surface area contributed by atoms with E-state index in [2.05, 4.69) is 27.8 Å². The van der Waals surface area contributed by atoms with Crippen molar-refractivity contribution in [3.05, 3.63) is 41.7 Å². The van der Waals surface area contributed by atoms with Crippen molar-refractivity contribution in [2.75, 3.05) is 33.3 Å². The van der Waals surface area contributed by atoms with Gasteiger partial charge in [0.15, 0.2) is 5.69 Å². The molecule has 0 aliphatic carbocycles. The summed E-state index contributed by atoms with van der Waals surface area (Å²) in [7, 11) is 1.72. The van der Waals surface area contributed by atoms with Crippen LogP contribution in [-0.4, -0.2) is 59.1 Å². The summed E-state index contributed by atoms with van der Waals surface area (Å²) in [5, 5.41) is 11.7. The van der Waals surface area contributed by atoms with Gasteiger partial charge < -0.3 is 15.0 Å². The summed E-state index contributed by atoms with van der Waals surface area (Å²) in [6, 6.07) is 8.56. The molecule has 3 heterocycles. The van der Waals surface area contributed by atoms with Crippen LogP contribution in [0, 0.1) is 5.92 Å². The summed E-state index contributed by atoms with van der Waals surface area (Å²) in [6.07, 6.45) is 6.91. The number of carbonyl (C=O) groups is 1. The number of aromatic nitrogens is 3. The summed E-state index contributed by atoms with van der Waals surface area (Å²) in [5.74, 6) is 1.54. The number of hydrogen-bond donors (Lipinski definition) is 1. The molecular formula is C21H29N5O2. The molecule has 0 bridgehead atoms. The van der Waals surface area contributed by atoms with E-state index in [1.807, 2.05) is 27.9 Å². The maximum absolute atomic E-state index is 12.8. The van der Waals surface area contributed by atoms with Gasteiger partial charge in [-0.05, 0) is 62.7 Å². The number of methoxy groups -OCH3 is 1. The average molecular weight is 383 g/mol. The van der Waals surface area contributed by atoms with E-state index in [0.717, 1.165) is 64.0 Å². The first kappa shape index (κ1) is 18.9. The average Bonchev–Trinajstić information content (AvgIpc) is 3.25. The van der Waals surface area contributed by atoms with Crippen molar-refractivity contribution in [3.63, 3.8) is 0 Å². The standard InChI is InChI=1S/C21H29N5O2/c1-28-20-5-3-2-4-17(20)14-16-8-12-25(13-9-16)21(27)19-15-26(24-23-19)18-6-10-22-11-7-18/h2-5,15-16,18,22H,6-14H2,1H3. The number of carbonyl (C=O) groups excluding carboxylic acids is 1. The molecule has 7 heteroatoms. The monoisotopic (exact) mass is 383 g/mol. The Hall–Kier alpha value is -2.41. The molecule has 2 aromatic rings. The van der Waals surface area contributed by atoms with E-state index in [-0.39, 0.29) is 5.91 Å². The number of rotatable bonds is 5. The summed E-state index contributed by atoms with van der Waals surface area (Å²) in [4.78, 5) is 14.8. The van der Waals surface area contributed by atoms with Gasteiger partial charge in [0.2, 0.25) is 0 Å². The van der Waals surface area contributed by atoms with Gasteiger partial charge in [-0.25, -0.2) is 4.68 Å². The molecule has 2 saturated heterocycles. The first-order valence-electron chi connectivity index (χ1n) is 10.3. The molecule has 2 fully saturated rings. The molecule has 2 aliphatic heterocycles. The molecule has 7 nitrogen and oxygen atoms in total. The van der Waals surface area contributed by atoms with Crippen LogP contribution in [0.1, 0.15) is 47.8 Å². The van der Waals surface area contributed by atoms with Crippen LogP contribution < -0.4 is 10.1 Å². The summed E-state index contributed by atoms with van der Waals surface area (Å²) in [5.41, 5.74) is 1.72. The summed E-state index contributed by atoms with van der Waals surface area (Å²) in [6.45, 7) is 3.54. The first-order valence-corrected chi connectivity index (χ1v) is 10.3. The molecule has 150 valence electrons. The van der Waals surface area contributed by atoms with Gasteiger partial charge in [-0.1, -0.05) is 23.4 Å². The van der Waals surface area contributed by atoms with Gasteiger partial charge in [-0.2, -0.15) is 0 Å². The number of likely N-dealkylation sites (tertiary alicyclic amines) is 1. The van der Waals surface area contributed by atoms with Crippen LogP contribution in [0.4, 0.5) is 0 Å². The minimum atomic E-state index is 0.0101. The maximum Gasteiger partial charge on any atom is 0.276 e. The zero-order valence-corrected chi connectivity index (χ0v) is 16.5. The molecule has 0 atom stereocenters. The Morgan fingerprint density at radius 3 is 2.68 bits per heavy atom. The van der Waals surface area contributed by atoms with Gasteiger partial charge in [-0.15, -0.1) is 5.10 Å². The van der Waals surface area contributed by atoms with E-state index in [9.17, 15) is 4.79 Å². The second-order valence-electron chi connectivity index (χ2n) is 7.82. The lowest BCUT2D eigenvalue weighted by Crippen LogP contribution is -2.39. The Balaban J connectivity index is 1.32. The van der Waals surface area contributed by atoms with Crippen LogP contribution in [0.25, 0.3) is 0 Å². The second kappa shape index (κ2) is 8.73. The van der Waals surface area contributed by atoms with E-state index >= 15 is 0 Å². The highest BCUT2D eigenvalue weighted by atomic mass is 16.5. The number of nitrogens with one attached hydrogen (secondary N) is 1. The molecular weight excluding hydrogens is 354 g/mol. The Morgan fingerprint density at radius 1 is 1.18 bits per heavy atom. The van der Waals surface area contributed by atoms with Gasteiger partial charge in [0, 0.05) is 13.1 Å². The minimum Gasteiger partial charge on any atom is -0.496 e. The Labute approximate surface area is 166 Å². The number of benzene rings is 1. The minimum absolute atomic E-state index is 0.0101. The van der Waals surface area contributed by atoms with E-state index in [1.165, 1.54) is 5.56 Å².